The molecule has 0 saturated carbocycles. The third-order valence-electron chi connectivity index (χ3n) is 2.13. The Morgan fingerprint density at radius 2 is 1.44 bits per heavy atom. The molecule has 3 heteroatoms. The van der Waals surface area contributed by atoms with Crippen molar-refractivity contribution in [2.24, 2.45) is 5.41 Å². The standard InChI is InChI=1S/C13H17F3/c1-12(2,3)8-10-5-4-6-11(7-10)9-13(14,15)16/h4-7H,8-9H2,1-3H3. The lowest BCUT2D eigenvalue weighted by Crippen LogP contribution is -2.13. The predicted octanol–water partition coefficient (Wildman–Crippen LogP) is 4.38. The number of alkyl halides is 3. The Bertz CT molecular complexity index is 314. The molecule has 0 unspecified atom stereocenters. The summed E-state index contributed by atoms with van der Waals surface area (Å²) >= 11 is 0. The molecule has 0 bridgehead atoms. The third kappa shape index (κ3) is 5.19. The fourth-order valence-corrected chi connectivity index (χ4v) is 1.69. The van der Waals surface area contributed by atoms with Gasteiger partial charge < -0.3 is 0 Å². The second-order valence-electron chi connectivity index (χ2n) is 5.35. The van der Waals surface area contributed by atoms with E-state index in [2.05, 4.69) is 20.8 Å². The molecule has 0 radical (unpaired) electrons. The van der Waals surface area contributed by atoms with E-state index in [0.717, 1.165) is 12.0 Å². The Balaban J connectivity index is 2.79. The molecule has 1 aromatic carbocycles. The molecule has 0 aliphatic rings. The highest BCUT2D eigenvalue weighted by Crippen LogP contribution is 2.24. The molecular weight excluding hydrogens is 213 g/mol. The monoisotopic (exact) mass is 230 g/mol. The average molecular weight is 230 g/mol. The highest BCUT2D eigenvalue weighted by molar-refractivity contribution is 5.24. The van der Waals surface area contributed by atoms with Gasteiger partial charge in [-0.3, -0.25) is 0 Å². The molecule has 0 N–H and O–H groups in total. The Morgan fingerprint density at radius 3 is 1.88 bits per heavy atom. The van der Waals surface area contributed by atoms with Crippen LogP contribution in [0.2, 0.25) is 0 Å². The first-order valence-electron chi connectivity index (χ1n) is 5.30. The zero-order valence-electron chi connectivity index (χ0n) is 9.86. The summed E-state index contributed by atoms with van der Waals surface area (Å²) in [6.45, 7) is 6.22. The van der Waals surface area contributed by atoms with Crippen LogP contribution in [0.25, 0.3) is 0 Å². The molecule has 0 amide bonds. The maximum Gasteiger partial charge on any atom is 0.393 e. The van der Waals surface area contributed by atoms with E-state index in [1.165, 1.54) is 6.07 Å². The lowest BCUT2D eigenvalue weighted by atomic mass is 9.87. The number of rotatable bonds is 2. The van der Waals surface area contributed by atoms with Gasteiger partial charge in [0.05, 0.1) is 6.42 Å². The van der Waals surface area contributed by atoms with E-state index < -0.39 is 12.6 Å². The minimum Gasteiger partial charge on any atom is -0.171 e. The van der Waals surface area contributed by atoms with Gasteiger partial charge >= 0.3 is 6.18 Å². The Morgan fingerprint density at radius 1 is 0.938 bits per heavy atom. The van der Waals surface area contributed by atoms with Crippen molar-refractivity contribution >= 4 is 0 Å². The third-order valence-corrected chi connectivity index (χ3v) is 2.13. The lowest BCUT2D eigenvalue weighted by Gasteiger charge is -2.18. The zero-order chi connectivity index (χ0) is 12.4. The average Bonchev–Trinajstić information content (AvgIpc) is 1.96. The van der Waals surface area contributed by atoms with Gasteiger partial charge in [-0.15, -0.1) is 0 Å². The first kappa shape index (κ1) is 13.1. The largest absolute Gasteiger partial charge is 0.393 e. The van der Waals surface area contributed by atoms with Crippen molar-refractivity contribution < 1.29 is 13.2 Å². The second kappa shape index (κ2) is 4.48. The van der Waals surface area contributed by atoms with E-state index in [4.69, 9.17) is 0 Å². The summed E-state index contributed by atoms with van der Waals surface area (Å²) in [5, 5.41) is 0. The van der Waals surface area contributed by atoms with Crippen LogP contribution in [0.1, 0.15) is 31.9 Å². The van der Waals surface area contributed by atoms with Crippen LogP contribution in [0.5, 0.6) is 0 Å². The van der Waals surface area contributed by atoms with Crippen LogP contribution in [0.3, 0.4) is 0 Å². The van der Waals surface area contributed by atoms with Gasteiger partial charge in [-0.2, -0.15) is 13.2 Å². The van der Waals surface area contributed by atoms with Crippen LogP contribution < -0.4 is 0 Å². The molecule has 1 rings (SSSR count). The number of benzene rings is 1. The molecule has 0 aliphatic carbocycles. The minimum absolute atomic E-state index is 0.0941. The summed E-state index contributed by atoms with van der Waals surface area (Å²) in [6, 6.07) is 6.76. The molecule has 16 heavy (non-hydrogen) atoms. The van der Waals surface area contributed by atoms with Crippen molar-refractivity contribution in [3.63, 3.8) is 0 Å². The molecule has 1 aromatic rings. The topological polar surface area (TPSA) is 0 Å². The second-order valence-corrected chi connectivity index (χ2v) is 5.35. The smallest absolute Gasteiger partial charge is 0.171 e. The van der Waals surface area contributed by atoms with Gasteiger partial charge in [0.25, 0.3) is 0 Å². The van der Waals surface area contributed by atoms with E-state index in [0.29, 0.717) is 5.56 Å². The Kier molecular flexibility index (Phi) is 3.66. The summed E-state index contributed by atoms with van der Waals surface area (Å²) in [6.07, 6.45) is -4.18. The van der Waals surface area contributed by atoms with E-state index in [1.54, 1.807) is 12.1 Å². The maximum absolute atomic E-state index is 12.2. The van der Waals surface area contributed by atoms with Crippen LogP contribution in [-0.2, 0) is 12.8 Å². The van der Waals surface area contributed by atoms with Gasteiger partial charge in [0, 0.05) is 0 Å². The van der Waals surface area contributed by atoms with Gasteiger partial charge in [-0.25, -0.2) is 0 Å². The van der Waals surface area contributed by atoms with E-state index in [-0.39, 0.29) is 5.41 Å². The SMILES string of the molecule is CC(C)(C)Cc1cccc(CC(F)(F)F)c1. The summed E-state index contributed by atoms with van der Waals surface area (Å²) in [4.78, 5) is 0. The molecule has 0 aromatic heterocycles. The van der Waals surface area contributed by atoms with E-state index in [9.17, 15) is 13.2 Å². The van der Waals surface area contributed by atoms with E-state index in [1.807, 2.05) is 6.07 Å². The maximum atomic E-state index is 12.2. The van der Waals surface area contributed by atoms with E-state index >= 15 is 0 Å². The van der Waals surface area contributed by atoms with Crippen molar-refractivity contribution in [2.75, 3.05) is 0 Å². The molecule has 0 heterocycles. The Hall–Kier alpha value is -0.990. The molecule has 0 atom stereocenters. The first-order valence-corrected chi connectivity index (χ1v) is 5.30. The Labute approximate surface area is 94.5 Å². The van der Waals surface area contributed by atoms with Crippen LogP contribution >= 0.6 is 0 Å². The highest BCUT2D eigenvalue weighted by Gasteiger charge is 2.27. The molecular formula is C13H17F3. The van der Waals surface area contributed by atoms with Gasteiger partial charge in [0.1, 0.15) is 0 Å². The molecule has 90 valence electrons. The quantitative estimate of drug-likeness (QED) is 0.707. The fraction of sp³-hybridized carbons (Fsp3) is 0.538. The van der Waals surface area contributed by atoms with Gasteiger partial charge in [-0.05, 0) is 23.0 Å². The van der Waals surface area contributed by atoms with Crippen molar-refractivity contribution in [1.82, 2.24) is 0 Å². The van der Waals surface area contributed by atoms with Crippen molar-refractivity contribution in [3.8, 4) is 0 Å². The summed E-state index contributed by atoms with van der Waals surface area (Å²) in [7, 11) is 0. The van der Waals surface area contributed by atoms with Crippen molar-refractivity contribution in [2.45, 2.75) is 39.8 Å². The number of halogens is 3. The zero-order valence-corrected chi connectivity index (χ0v) is 9.86. The van der Waals surface area contributed by atoms with Gasteiger partial charge in [0.2, 0.25) is 0 Å². The number of hydrogen-bond acceptors (Lipinski definition) is 0. The van der Waals surface area contributed by atoms with Crippen molar-refractivity contribution in [3.05, 3.63) is 35.4 Å². The first-order chi connectivity index (χ1) is 7.16. The van der Waals surface area contributed by atoms with Crippen LogP contribution in [0.15, 0.2) is 24.3 Å². The summed E-state index contributed by atoms with van der Waals surface area (Å²) < 4.78 is 36.6. The predicted molar refractivity (Wildman–Crippen MR) is 59.4 cm³/mol. The molecule has 0 aliphatic heterocycles. The molecule has 0 fully saturated rings. The normalized spacial score (nSPS) is 12.9. The van der Waals surface area contributed by atoms with Crippen LogP contribution in [0.4, 0.5) is 13.2 Å². The van der Waals surface area contributed by atoms with Gasteiger partial charge in [0.15, 0.2) is 0 Å². The highest BCUT2D eigenvalue weighted by atomic mass is 19.4. The lowest BCUT2D eigenvalue weighted by molar-refractivity contribution is -0.127. The molecule has 0 nitrogen and oxygen atoms in total. The minimum atomic E-state index is -4.12. The summed E-state index contributed by atoms with van der Waals surface area (Å²) in [5.74, 6) is 0. The van der Waals surface area contributed by atoms with Crippen molar-refractivity contribution in [1.29, 1.82) is 0 Å². The fourth-order valence-electron chi connectivity index (χ4n) is 1.69. The van der Waals surface area contributed by atoms with Crippen LogP contribution in [-0.4, -0.2) is 6.18 Å². The molecule has 0 saturated heterocycles. The van der Waals surface area contributed by atoms with Crippen LogP contribution in [0, 0.1) is 5.41 Å². The van der Waals surface area contributed by atoms with Gasteiger partial charge in [-0.1, -0.05) is 45.0 Å². The summed E-state index contributed by atoms with van der Waals surface area (Å²) in [5.41, 5.74) is 1.40. The number of hydrogen-bond donors (Lipinski definition) is 0. The molecule has 0 spiro atoms.